The number of phenols is 1. The first kappa shape index (κ1) is 14.3. The molecule has 1 N–H and O–H groups in total. The van der Waals surface area contributed by atoms with Gasteiger partial charge in [0, 0.05) is 0 Å². The van der Waals surface area contributed by atoms with Crippen molar-refractivity contribution in [3.05, 3.63) is 58.8 Å². The Kier molecular flexibility index (Phi) is 3.93. The van der Waals surface area contributed by atoms with Crippen LogP contribution in [0.25, 0.3) is 10.8 Å². The van der Waals surface area contributed by atoms with Gasteiger partial charge in [0.05, 0.1) is 4.88 Å². The Balaban J connectivity index is 1.66. The summed E-state index contributed by atoms with van der Waals surface area (Å²) in [4.78, 5) is 17.1. The Morgan fingerprint density at radius 3 is 3.00 bits per heavy atom. The van der Waals surface area contributed by atoms with Gasteiger partial charge in [0.2, 0.25) is 5.89 Å². The lowest BCUT2D eigenvalue weighted by Gasteiger charge is -2.05. The molecule has 0 saturated carbocycles. The molecular weight excluding hydrogens is 302 g/mol. The Labute approximate surface area is 130 Å². The fourth-order valence-corrected chi connectivity index (χ4v) is 2.57. The lowest BCUT2D eigenvalue weighted by Crippen LogP contribution is -2.05. The van der Waals surface area contributed by atoms with E-state index in [9.17, 15) is 9.90 Å². The van der Waals surface area contributed by atoms with Gasteiger partial charge in [-0.1, -0.05) is 12.1 Å². The summed E-state index contributed by atoms with van der Waals surface area (Å²) in [6.07, 6.45) is 1.46. The molecule has 112 valence electrons. The fraction of sp³-hybridized carbons (Fsp3) is 0.125. The summed E-state index contributed by atoms with van der Waals surface area (Å²) >= 11 is 1.52. The van der Waals surface area contributed by atoms with Crippen molar-refractivity contribution in [2.24, 2.45) is 0 Å². The SMILES string of the molecule is Cc1ccc(C(=O)OCc2coc(-c3cccs3)n2)c(O)c1. The number of thiophene rings is 1. The van der Waals surface area contributed by atoms with Gasteiger partial charge in [0.1, 0.15) is 29.9 Å². The molecule has 0 bridgehead atoms. The molecule has 5 nitrogen and oxygen atoms in total. The summed E-state index contributed by atoms with van der Waals surface area (Å²) in [5.74, 6) is -0.193. The number of esters is 1. The summed E-state index contributed by atoms with van der Waals surface area (Å²) in [7, 11) is 0. The van der Waals surface area contributed by atoms with Crippen molar-refractivity contribution in [3.8, 4) is 16.5 Å². The summed E-state index contributed by atoms with van der Waals surface area (Å²) in [6.45, 7) is 1.82. The van der Waals surface area contributed by atoms with Gasteiger partial charge < -0.3 is 14.3 Å². The maximum Gasteiger partial charge on any atom is 0.342 e. The lowest BCUT2D eigenvalue weighted by atomic mass is 10.1. The van der Waals surface area contributed by atoms with E-state index in [1.165, 1.54) is 29.7 Å². The van der Waals surface area contributed by atoms with Crippen LogP contribution in [0.1, 0.15) is 21.6 Å². The average molecular weight is 315 g/mol. The highest BCUT2D eigenvalue weighted by atomic mass is 32.1. The Morgan fingerprint density at radius 1 is 1.41 bits per heavy atom. The molecule has 3 aromatic rings. The number of carbonyl (C=O) groups is 1. The molecule has 0 fully saturated rings. The molecule has 2 heterocycles. The van der Waals surface area contributed by atoms with Crippen LogP contribution in [0.5, 0.6) is 5.75 Å². The number of hydrogen-bond donors (Lipinski definition) is 1. The first-order chi connectivity index (χ1) is 10.6. The van der Waals surface area contributed by atoms with Crippen LogP contribution >= 0.6 is 11.3 Å². The van der Waals surface area contributed by atoms with Gasteiger partial charge in [-0.25, -0.2) is 9.78 Å². The molecule has 3 rings (SSSR count). The fourth-order valence-electron chi connectivity index (χ4n) is 1.92. The molecule has 0 saturated heterocycles. The van der Waals surface area contributed by atoms with Gasteiger partial charge >= 0.3 is 5.97 Å². The molecule has 0 spiro atoms. The van der Waals surface area contributed by atoms with Crippen LogP contribution in [0.3, 0.4) is 0 Å². The molecule has 6 heteroatoms. The number of benzene rings is 1. The zero-order valence-electron chi connectivity index (χ0n) is 11.8. The maximum absolute atomic E-state index is 11.9. The predicted molar refractivity (Wildman–Crippen MR) is 81.8 cm³/mol. The topological polar surface area (TPSA) is 72.6 Å². The van der Waals surface area contributed by atoms with E-state index < -0.39 is 5.97 Å². The Hall–Kier alpha value is -2.60. The molecule has 0 atom stereocenters. The predicted octanol–water partition coefficient (Wildman–Crippen LogP) is 3.77. The monoisotopic (exact) mass is 315 g/mol. The first-order valence-corrected chi connectivity index (χ1v) is 7.46. The van der Waals surface area contributed by atoms with Crippen LogP contribution in [0.4, 0.5) is 0 Å². The number of rotatable bonds is 4. The number of aryl methyl sites for hydroxylation is 1. The number of ether oxygens (including phenoxy) is 1. The van der Waals surface area contributed by atoms with Crippen molar-refractivity contribution in [1.29, 1.82) is 0 Å². The van der Waals surface area contributed by atoms with Crippen molar-refractivity contribution >= 4 is 17.3 Å². The number of aromatic nitrogens is 1. The van der Waals surface area contributed by atoms with Crippen molar-refractivity contribution in [3.63, 3.8) is 0 Å². The van der Waals surface area contributed by atoms with Crippen molar-refractivity contribution < 1.29 is 19.1 Å². The standard InChI is InChI=1S/C16H13NO4S/c1-10-4-5-12(13(18)7-10)16(19)21-9-11-8-20-15(17-11)14-3-2-6-22-14/h2-8,18H,9H2,1H3. The highest BCUT2D eigenvalue weighted by molar-refractivity contribution is 7.13. The van der Waals surface area contributed by atoms with Crippen molar-refractivity contribution in [1.82, 2.24) is 4.98 Å². The smallest absolute Gasteiger partial charge is 0.342 e. The van der Waals surface area contributed by atoms with Gasteiger partial charge in [-0.05, 0) is 36.1 Å². The number of hydrogen-bond acceptors (Lipinski definition) is 6. The van der Waals surface area contributed by atoms with Gasteiger partial charge in [-0.3, -0.25) is 0 Å². The van der Waals surface area contributed by atoms with Gasteiger partial charge in [-0.15, -0.1) is 11.3 Å². The van der Waals surface area contributed by atoms with Crippen molar-refractivity contribution in [2.45, 2.75) is 13.5 Å². The third kappa shape index (κ3) is 3.01. The van der Waals surface area contributed by atoms with Crippen molar-refractivity contribution in [2.75, 3.05) is 0 Å². The highest BCUT2D eigenvalue weighted by Gasteiger charge is 2.14. The van der Waals surface area contributed by atoms with E-state index in [2.05, 4.69) is 4.98 Å². The summed E-state index contributed by atoms with van der Waals surface area (Å²) in [5.41, 5.74) is 1.52. The second kappa shape index (κ2) is 6.03. The maximum atomic E-state index is 11.9. The van der Waals surface area contributed by atoms with E-state index >= 15 is 0 Å². The average Bonchev–Trinajstić information content (AvgIpc) is 3.16. The number of oxazole rings is 1. The number of carbonyl (C=O) groups excluding carboxylic acids is 1. The summed E-state index contributed by atoms with van der Waals surface area (Å²) in [6, 6.07) is 8.59. The van der Waals surface area contributed by atoms with E-state index in [0.717, 1.165) is 10.4 Å². The third-order valence-electron chi connectivity index (χ3n) is 3.01. The van der Waals surface area contributed by atoms with E-state index in [1.807, 2.05) is 24.4 Å². The zero-order valence-corrected chi connectivity index (χ0v) is 12.6. The van der Waals surface area contributed by atoms with E-state index in [-0.39, 0.29) is 17.9 Å². The zero-order chi connectivity index (χ0) is 15.5. The first-order valence-electron chi connectivity index (χ1n) is 6.58. The van der Waals surface area contributed by atoms with E-state index in [0.29, 0.717) is 11.6 Å². The van der Waals surface area contributed by atoms with Crippen LogP contribution in [0.15, 0.2) is 46.4 Å². The Bertz CT molecular complexity index is 792. The molecule has 22 heavy (non-hydrogen) atoms. The van der Waals surface area contributed by atoms with Crippen LogP contribution in [0.2, 0.25) is 0 Å². The van der Waals surface area contributed by atoms with Gasteiger partial charge in [0.25, 0.3) is 0 Å². The molecular formula is C16H13NO4S. The molecule has 0 aliphatic rings. The van der Waals surface area contributed by atoms with Crippen LogP contribution in [0, 0.1) is 6.92 Å². The molecule has 0 aliphatic heterocycles. The van der Waals surface area contributed by atoms with Gasteiger partial charge in [-0.2, -0.15) is 0 Å². The third-order valence-corrected chi connectivity index (χ3v) is 3.87. The quantitative estimate of drug-likeness (QED) is 0.742. The van der Waals surface area contributed by atoms with Crippen LogP contribution in [-0.4, -0.2) is 16.1 Å². The molecule has 2 aromatic heterocycles. The minimum atomic E-state index is -0.599. The molecule has 0 amide bonds. The Morgan fingerprint density at radius 2 is 2.27 bits per heavy atom. The molecule has 1 aromatic carbocycles. The largest absolute Gasteiger partial charge is 0.507 e. The minimum absolute atomic E-state index is 0.0129. The molecule has 0 aliphatic carbocycles. The van der Waals surface area contributed by atoms with E-state index in [4.69, 9.17) is 9.15 Å². The van der Waals surface area contributed by atoms with Gasteiger partial charge in [0.15, 0.2) is 0 Å². The minimum Gasteiger partial charge on any atom is -0.507 e. The van der Waals surface area contributed by atoms with Crippen LogP contribution < -0.4 is 0 Å². The highest BCUT2D eigenvalue weighted by Crippen LogP contribution is 2.24. The van der Waals surface area contributed by atoms with E-state index in [1.54, 1.807) is 6.07 Å². The number of nitrogens with zero attached hydrogens (tertiary/aromatic N) is 1. The second-order valence-corrected chi connectivity index (χ2v) is 5.67. The number of phenolic OH excluding ortho intramolecular Hbond substituents is 1. The van der Waals surface area contributed by atoms with Crippen LogP contribution in [-0.2, 0) is 11.3 Å². The summed E-state index contributed by atoms with van der Waals surface area (Å²) in [5, 5.41) is 11.7. The second-order valence-electron chi connectivity index (χ2n) is 4.72. The lowest BCUT2D eigenvalue weighted by molar-refractivity contribution is 0.0464. The summed E-state index contributed by atoms with van der Waals surface area (Å²) < 4.78 is 10.5. The molecule has 0 radical (unpaired) electrons. The molecule has 0 unspecified atom stereocenters. The number of aromatic hydroxyl groups is 1. The normalized spacial score (nSPS) is 10.6.